The summed E-state index contributed by atoms with van der Waals surface area (Å²) in [6.07, 6.45) is -4.68. The van der Waals surface area contributed by atoms with Gasteiger partial charge in [0.15, 0.2) is 0 Å². The first-order valence-corrected chi connectivity index (χ1v) is 4.28. The highest BCUT2D eigenvalue weighted by atomic mass is 19.3. The number of benzene rings is 1. The fourth-order valence-corrected chi connectivity index (χ4v) is 1.20. The lowest BCUT2D eigenvalue weighted by molar-refractivity contribution is -0.00701. The van der Waals surface area contributed by atoms with Crippen molar-refractivity contribution in [2.45, 2.75) is 12.5 Å². The first kappa shape index (κ1) is 11.7. The molecule has 1 N–H and O–H groups in total. The van der Waals surface area contributed by atoms with Gasteiger partial charge in [-0.25, -0.2) is 8.78 Å². The van der Waals surface area contributed by atoms with Crippen molar-refractivity contribution in [2.24, 2.45) is 0 Å². The van der Waals surface area contributed by atoms with E-state index in [9.17, 15) is 13.9 Å². The third-order valence-electron chi connectivity index (χ3n) is 2.00. The van der Waals surface area contributed by atoms with Crippen molar-refractivity contribution in [3.63, 3.8) is 0 Å². The van der Waals surface area contributed by atoms with Gasteiger partial charge in [0, 0.05) is 11.6 Å². The zero-order valence-electron chi connectivity index (χ0n) is 8.41. The molecule has 1 aromatic rings. The number of halogens is 2. The van der Waals surface area contributed by atoms with Crippen molar-refractivity contribution in [1.82, 2.24) is 0 Å². The predicted octanol–water partition coefficient (Wildman–Crippen LogP) is 2.00. The van der Waals surface area contributed by atoms with Gasteiger partial charge < -0.3 is 14.6 Å². The Morgan fingerprint density at radius 2 is 1.87 bits per heavy atom. The summed E-state index contributed by atoms with van der Waals surface area (Å²) in [6, 6.07) is 4.29. The molecule has 0 amide bonds. The van der Waals surface area contributed by atoms with Gasteiger partial charge in [0.2, 0.25) is 0 Å². The van der Waals surface area contributed by atoms with Crippen LogP contribution in [0.1, 0.15) is 11.7 Å². The highest BCUT2D eigenvalue weighted by molar-refractivity contribution is 5.42. The average Bonchev–Trinajstić information content (AvgIpc) is 2.27. The minimum atomic E-state index is -2.84. The Balaban J connectivity index is 3.07. The molecule has 1 unspecified atom stereocenters. The van der Waals surface area contributed by atoms with Crippen LogP contribution in [0.25, 0.3) is 0 Å². The van der Waals surface area contributed by atoms with Crippen LogP contribution >= 0.6 is 0 Å². The molecule has 0 aliphatic carbocycles. The van der Waals surface area contributed by atoms with Crippen LogP contribution in [0, 0.1) is 0 Å². The Morgan fingerprint density at radius 3 is 2.33 bits per heavy atom. The Kier molecular flexibility index (Phi) is 3.85. The van der Waals surface area contributed by atoms with E-state index in [0.29, 0.717) is 5.75 Å². The summed E-state index contributed by atoms with van der Waals surface area (Å²) in [5.41, 5.74) is 0.0494. The molecule has 0 spiro atoms. The van der Waals surface area contributed by atoms with Crippen LogP contribution < -0.4 is 9.47 Å². The molecule has 0 saturated heterocycles. The summed E-state index contributed by atoms with van der Waals surface area (Å²) in [5.74, 6) is 0.666. The maximum atomic E-state index is 12.3. The molecule has 0 saturated carbocycles. The van der Waals surface area contributed by atoms with E-state index in [1.165, 1.54) is 32.4 Å². The summed E-state index contributed by atoms with van der Waals surface area (Å²) < 4.78 is 34.3. The third-order valence-corrected chi connectivity index (χ3v) is 2.00. The molecule has 1 rings (SSSR count). The van der Waals surface area contributed by atoms with Crippen molar-refractivity contribution in [2.75, 3.05) is 14.2 Å². The fourth-order valence-electron chi connectivity index (χ4n) is 1.20. The van der Waals surface area contributed by atoms with Gasteiger partial charge in [0.05, 0.1) is 14.2 Å². The van der Waals surface area contributed by atoms with Gasteiger partial charge in [0.25, 0.3) is 6.43 Å². The molecular weight excluding hydrogens is 206 g/mol. The van der Waals surface area contributed by atoms with Gasteiger partial charge in [-0.1, -0.05) is 0 Å². The quantitative estimate of drug-likeness (QED) is 0.840. The van der Waals surface area contributed by atoms with Crippen LogP contribution in [-0.2, 0) is 0 Å². The number of aliphatic hydroxyl groups is 1. The van der Waals surface area contributed by atoms with Crippen molar-refractivity contribution in [3.05, 3.63) is 23.8 Å². The van der Waals surface area contributed by atoms with Crippen LogP contribution in [0.4, 0.5) is 8.78 Å². The Bertz CT molecular complexity index is 328. The SMILES string of the molecule is COc1ccc(C(O)C(F)F)c(OC)c1. The summed E-state index contributed by atoms with van der Waals surface area (Å²) in [6.45, 7) is 0. The number of aliphatic hydroxyl groups excluding tert-OH is 1. The van der Waals surface area contributed by atoms with E-state index in [2.05, 4.69) is 0 Å². The molecule has 0 aliphatic heterocycles. The molecule has 0 bridgehead atoms. The van der Waals surface area contributed by atoms with Crippen LogP contribution in [-0.4, -0.2) is 25.8 Å². The smallest absolute Gasteiger partial charge is 0.268 e. The second-order valence-electron chi connectivity index (χ2n) is 2.89. The second kappa shape index (κ2) is 4.93. The number of hydrogen-bond acceptors (Lipinski definition) is 3. The van der Waals surface area contributed by atoms with Crippen LogP contribution in [0.15, 0.2) is 18.2 Å². The Morgan fingerprint density at radius 1 is 1.20 bits per heavy atom. The molecule has 1 aromatic carbocycles. The van der Waals surface area contributed by atoms with E-state index in [1.807, 2.05) is 0 Å². The van der Waals surface area contributed by atoms with E-state index in [0.717, 1.165) is 0 Å². The summed E-state index contributed by atoms with van der Waals surface area (Å²) in [7, 11) is 2.80. The summed E-state index contributed by atoms with van der Waals surface area (Å²) in [5, 5.41) is 9.20. The Labute approximate surface area is 86.2 Å². The standard InChI is InChI=1S/C10H12F2O3/c1-14-6-3-4-7(8(5-6)15-2)9(13)10(11)12/h3-5,9-10,13H,1-2H3. The monoisotopic (exact) mass is 218 g/mol. The molecule has 3 nitrogen and oxygen atoms in total. The normalized spacial score (nSPS) is 12.7. The first-order valence-electron chi connectivity index (χ1n) is 4.28. The van der Waals surface area contributed by atoms with Crippen molar-refractivity contribution < 1.29 is 23.4 Å². The van der Waals surface area contributed by atoms with Crippen LogP contribution in [0.3, 0.4) is 0 Å². The van der Waals surface area contributed by atoms with Gasteiger partial charge in [-0.05, 0) is 12.1 Å². The lowest BCUT2D eigenvalue weighted by Crippen LogP contribution is -2.09. The molecule has 0 radical (unpaired) electrons. The van der Waals surface area contributed by atoms with Crippen LogP contribution in [0.5, 0.6) is 11.5 Å². The third kappa shape index (κ3) is 2.56. The first-order chi connectivity index (χ1) is 7.10. The van der Waals surface area contributed by atoms with Gasteiger partial charge in [-0.15, -0.1) is 0 Å². The van der Waals surface area contributed by atoms with Gasteiger partial charge in [-0.2, -0.15) is 0 Å². The van der Waals surface area contributed by atoms with E-state index >= 15 is 0 Å². The van der Waals surface area contributed by atoms with Gasteiger partial charge in [0.1, 0.15) is 17.6 Å². The van der Waals surface area contributed by atoms with Gasteiger partial charge in [-0.3, -0.25) is 0 Å². The number of ether oxygens (including phenoxy) is 2. The molecule has 1 atom stereocenters. The van der Waals surface area contributed by atoms with Crippen molar-refractivity contribution >= 4 is 0 Å². The zero-order chi connectivity index (χ0) is 11.4. The lowest BCUT2D eigenvalue weighted by atomic mass is 10.1. The zero-order valence-corrected chi connectivity index (χ0v) is 8.41. The summed E-state index contributed by atoms with van der Waals surface area (Å²) >= 11 is 0. The number of methoxy groups -OCH3 is 2. The van der Waals surface area contributed by atoms with Gasteiger partial charge >= 0.3 is 0 Å². The Hall–Kier alpha value is -1.36. The fraction of sp³-hybridized carbons (Fsp3) is 0.400. The van der Waals surface area contributed by atoms with E-state index in [-0.39, 0.29) is 11.3 Å². The number of hydrogen-bond donors (Lipinski definition) is 1. The van der Waals surface area contributed by atoms with E-state index in [1.54, 1.807) is 0 Å². The molecule has 0 fully saturated rings. The minimum Gasteiger partial charge on any atom is -0.497 e. The maximum absolute atomic E-state index is 12.3. The molecule has 15 heavy (non-hydrogen) atoms. The molecule has 84 valence electrons. The molecule has 5 heteroatoms. The number of alkyl halides is 2. The lowest BCUT2D eigenvalue weighted by Gasteiger charge is -2.14. The number of rotatable bonds is 4. The second-order valence-corrected chi connectivity index (χ2v) is 2.89. The molecule has 0 aromatic heterocycles. The molecule has 0 heterocycles. The van der Waals surface area contributed by atoms with Crippen molar-refractivity contribution in [3.8, 4) is 11.5 Å². The largest absolute Gasteiger partial charge is 0.497 e. The summed E-state index contributed by atoms with van der Waals surface area (Å²) in [4.78, 5) is 0. The topological polar surface area (TPSA) is 38.7 Å². The maximum Gasteiger partial charge on any atom is 0.268 e. The predicted molar refractivity (Wildman–Crippen MR) is 50.5 cm³/mol. The highest BCUT2D eigenvalue weighted by Gasteiger charge is 2.22. The van der Waals surface area contributed by atoms with Crippen LogP contribution in [0.2, 0.25) is 0 Å². The molecular formula is C10H12F2O3. The molecule has 0 aliphatic rings. The van der Waals surface area contributed by atoms with E-state index < -0.39 is 12.5 Å². The van der Waals surface area contributed by atoms with E-state index in [4.69, 9.17) is 9.47 Å². The average molecular weight is 218 g/mol. The van der Waals surface area contributed by atoms with Crippen molar-refractivity contribution in [1.29, 1.82) is 0 Å². The highest BCUT2D eigenvalue weighted by Crippen LogP contribution is 2.32. The minimum absolute atomic E-state index is 0.0494.